The number of nitrogens with zero attached hydrogens (tertiary/aromatic N) is 4. The molecule has 142 valence electrons. The summed E-state index contributed by atoms with van der Waals surface area (Å²) < 4.78 is 12.4. The highest BCUT2D eigenvalue weighted by Crippen LogP contribution is 2.27. The third-order valence-electron chi connectivity index (χ3n) is 3.79. The minimum atomic E-state index is -0.330. The molecule has 9 heteroatoms. The van der Waals surface area contributed by atoms with E-state index in [0.29, 0.717) is 30.7 Å². The third kappa shape index (κ3) is 4.95. The lowest BCUT2D eigenvalue weighted by Crippen LogP contribution is -2.33. The number of amides is 1. The second kappa shape index (κ2) is 9.33. The summed E-state index contributed by atoms with van der Waals surface area (Å²) in [6.45, 7) is 3.25. The number of carbonyl (C=O) groups is 1. The average Bonchev–Trinajstić information content (AvgIpc) is 3.33. The van der Waals surface area contributed by atoms with Crippen molar-refractivity contribution in [2.75, 3.05) is 20.3 Å². The van der Waals surface area contributed by atoms with E-state index in [1.54, 1.807) is 25.8 Å². The van der Waals surface area contributed by atoms with E-state index in [4.69, 9.17) is 9.15 Å². The van der Waals surface area contributed by atoms with Crippen LogP contribution in [0.2, 0.25) is 0 Å². The molecule has 3 aromatic rings. The van der Waals surface area contributed by atoms with Crippen molar-refractivity contribution in [3.05, 3.63) is 48.7 Å². The number of rotatable bonds is 9. The molecule has 0 aliphatic carbocycles. The molecule has 0 radical (unpaired) electrons. The number of furan rings is 1. The van der Waals surface area contributed by atoms with Gasteiger partial charge in [0.2, 0.25) is 5.91 Å². The molecule has 0 saturated carbocycles. The number of pyridine rings is 1. The Labute approximate surface area is 161 Å². The first-order valence-corrected chi connectivity index (χ1v) is 9.36. The lowest BCUT2D eigenvalue weighted by molar-refractivity contribution is -0.120. The van der Waals surface area contributed by atoms with Gasteiger partial charge < -0.3 is 14.5 Å². The molecule has 3 rings (SSSR count). The average molecular weight is 387 g/mol. The Bertz CT molecular complexity index is 851. The number of carbonyl (C=O) groups excluding carboxylic acids is 1. The van der Waals surface area contributed by atoms with Gasteiger partial charge in [-0.3, -0.25) is 14.3 Å². The van der Waals surface area contributed by atoms with Crippen LogP contribution in [0, 0.1) is 0 Å². The van der Waals surface area contributed by atoms with Crippen molar-refractivity contribution < 1.29 is 13.9 Å². The van der Waals surface area contributed by atoms with Gasteiger partial charge in [0.05, 0.1) is 24.7 Å². The molecule has 1 atom stereocenters. The molecule has 0 aromatic carbocycles. The lowest BCUT2D eigenvalue weighted by atomic mass is 10.2. The topological polar surface area (TPSA) is 95.1 Å². The smallest absolute Gasteiger partial charge is 0.233 e. The molecule has 1 amide bonds. The van der Waals surface area contributed by atoms with Crippen molar-refractivity contribution in [2.45, 2.75) is 23.9 Å². The summed E-state index contributed by atoms with van der Waals surface area (Å²) in [4.78, 5) is 16.4. The SMILES string of the molecule is COCCNC(=O)[C@H](C)Sc1nnc(-c2cccnc2)n1Cc1ccco1. The molecule has 0 spiro atoms. The van der Waals surface area contributed by atoms with Crippen LogP contribution in [-0.4, -0.2) is 51.2 Å². The zero-order valence-electron chi connectivity index (χ0n) is 15.2. The van der Waals surface area contributed by atoms with Gasteiger partial charge in [0.25, 0.3) is 0 Å². The Morgan fingerprint density at radius 3 is 2.96 bits per heavy atom. The van der Waals surface area contributed by atoms with Gasteiger partial charge >= 0.3 is 0 Å². The first kappa shape index (κ1) is 19.1. The fourth-order valence-electron chi connectivity index (χ4n) is 2.42. The van der Waals surface area contributed by atoms with Crippen LogP contribution in [-0.2, 0) is 16.1 Å². The predicted octanol–water partition coefficient (Wildman–Crippen LogP) is 2.22. The van der Waals surface area contributed by atoms with Crippen molar-refractivity contribution in [3.63, 3.8) is 0 Å². The highest BCUT2D eigenvalue weighted by Gasteiger charge is 2.21. The van der Waals surface area contributed by atoms with E-state index in [2.05, 4.69) is 20.5 Å². The van der Waals surface area contributed by atoms with Gasteiger partial charge in [-0.2, -0.15) is 0 Å². The normalized spacial score (nSPS) is 12.1. The van der Waals surface area contributed by atoms with Crippen LogP contribution in [0.1, 0.15) is 12.7 Å². The Kier molecular flexibility index (Phi) is 6.61. The monoisotopic (exact) mass is 387 g/mol. The van der Waals surface area contributed by atoms with Crippen molar-refractivity contribution in [3.8, 4) is 11.4 Å². The third-order valence-corrected chi connectivity index (χ3v) is 4.87. The van der Waals surface area contributed by atoms with Gasteiger partial charge in [-0.15, -0.1) is 10.2 Å². The van der Waals surface area contributed by atoms with Gasteiger partial charge in [0.15, 0.2) is 11.0 Å². The minimum absolute atomic E-state index is 0.0764. The largest absolute Gasteiger partial charge is 0.467 e. The van der Waals surface area contributed by atoms with Crippen molar-refractivity contribution >= 4 is 17.7 Å². The Hall–Kier alpha value is -2.65. The molecule has 3 aromatic heterocycles. The van der Waals surface area contributed by atoms with Crippen LogP contribution >= 0.6 is 11.8 Å². The van der Waals surface area contributed by atoms with Crippen LogP contribution in [0.4, 0.5) is 0 Å². The number of ether oxygens (including phenoxy) is 1. The van der Waals surface area contributed by atoms with Crippen LogP contribution in [0.3, 0.4) is 0 Å². The zero-order chi connectivity index (χ0) is 19.1. The number of thioether (sulfide) groups is 1. The Morgan fingerprint density at radius 1 is 1.37 bits per heavy atom. The highest BCUT2D eigenvalue weighted by molar-refractivity contribution is 8.00. The maximum atomic E-state index is 12.3. The number of nitrogens with one attached hydrogen (secondary N) is 1. The van der Waals surface area contributed by atoms with Crippen molar-refractivity contribution in [2.24, 2.45) is 0 Å². The summed E-state index contributed by atoms with van der Waals surface area (Å²) in [6.07, 6.45) is 5.07. The van der Waals surface area contributed by atoms with Crippen molar-refractivity contribution in [1.82, 2.24) is 25.1 Å². The molecule has 0 fully saturated rings. The van der Waals surface area contributed by atoms with Crippen LogP contribution < -0.4 is 5.32 Å². The molecule has 3 heterocycles. The summed E-state index contributed by atoms with van der Waals surface area (Å²) in [5.74, 6) is 1.38. The standard InChI is InChI=1S/C18H21N5O3S/c1-13(17(24)20-8-10-25-2)27-18-22-21-16(14-5-3-7-19-11-14)23(18)12-15-6-4-9-26-15/h3-7,9,11,13H,8,10,12H2,1-2H3,(H,20,24)/t13-/m0/s1. The van der Waals surface area contributed by atoms with Gasteiger partial charge in [-0.1, -0.05) is 11.8 Å². The first-order chi connectivity index (χ1) is 13.2. The Balaban J connectivity index is 1.82. The molecule has 1 N–H and O–H groups in total. The number of hydrogen-bond acceptors (Lipinski definition) is 7. The summed E-state index contributed by atoms with van der Waals surface area (Å²) in [5.41, 5.74) is 0.848. The van der Waals surface area contributed by atoms with Crippen LogP contribution in [0.25, 0.3) is 11.4 Å². The van der Waals surface area contributed by atoms with Crippen molar-refractivity contribution in [1.29, 1.82) is 0 Å². The molecule has 0 aliphatic rings. The summed E-state index contributed by atoms with van der Waals surface area (Å²) >= 11 is 1.35. The summed E-state index contributed by atoms with van der Waals surface area (Å²) in [6, 6.07) is 7.50. The minimum Gasteiger partial charge on any atom is -0.467 e. The van der Waals surface area contributed by atoms with Gasteiger partial charge in [-0.05, 0) is 31.2 Å². The highest BCUT2D eigenvalue weighted by atomic mass is 32.2. The van der Waals surface area contributed by atoms with E-state index in [0.717, 1.165) is 11.3 Å². The Morgan fingerprint density at radius 2 is 2.26 bits per heavy atom. The van der Waals surface area contributed by atoms with E-state index in [-0.39, 0.29) is 11.2 Å². The number of aromatic nitrogens is 4. The zero-order valence-corrected chi connectivity index (χ0v) is 16.0. The molecule has 0 unspecified atom stereocenters. The summed E-state index contributed by atoms with van der Waals surface area (Å²) in [5, 5.41) is 11.8. The maximum absolute atomic E-state index is 12.3. The lowest BCUT2D eigenvalue weighted by Gasteiger charge is -2.13. The number of methoxy groups -OCH3 is 1. The van der Waals surface area contributed by atoms with Gasteiger partial charge in [-0.25, -0.2) is 0 Å². The van der Waals surface area contributed by atoms with Gasteiger partial charge in [0.1, 0.15) is 5.76 Å². The molecule has 0 bridgehead atoms. The quantitative estimate of drug-likeness (QED) is 0.444. The van der Waals surface area contributed by atoms with E-state index >= 15 is 0 Å². The van der Waals surface area contributed by atoms with E-state index in [9.17, 15) is 4.79 Å². The van der Waals surface area contributed by atoms with E-state index in [1.807, 2.05) is 35.8 Å². The van der Waals surface area contributed by atoms with E-state index in [1.165, 1.54) is 11.8 Å². The fourth-order valence-corrected chi connectivity index (χ4v) is 3.29. The second-order valence-electron chi connectivity index (χ2n) is 5.76. The second-order valence-corrected chi connectivity index (χ2v) is 7.07. The maximum Gasteiger partial charge on any atom is 0.233 e. The predicted molar refractivity (Wildman–Crippen MR) is 101 cm³/mol. The number of hydrogen-bond donors (Lipinski definition) is 1. The molecular weight excluding hydrogens is 366 g/mol. The molecular formula is C18H21N5O3S. The van der Waals surface area contributed by atoms with Crippen LogP contribution in [0.15, 0.2) is 52.5 Å². The van der Waals surface area contributed by atoms with E-state index < -0.39 is 0 Å². The first-order valence-electron chi connectivity index (χ1n) is 8.48. The molecule has 8 nitrogen and oxygen atoms in total. The molecule has 0 saturated heterocycles. The molecule has 0 aliphatic heterocycles. The molecule has 27 heavy (non-hydrogen) atoms. The summed E-state index contributed by atoms with van der Waals surface area (Å²) in [7, 11) is 1.60. The van der Waals surface area contributed by atoms with Gasteiger partial charge in [0, 0.05) is 31.6 Å². The fraction of sp³-hybridized carbons (Fsp3) is 0.333. The van der Waals surface area contributed by atoms with Crippen LogP contribution in [0.5, 0.6) is 0 Å².